The van der Waals surface area contributed by atoms with Gasteiger partial charge < -0.3 is 4.90 Å². The van der Waals surface area contributed by atoms with E-state index in [1.165, 1.54) is 0 Å². The maximum Gasteiger partial charge on any atom is 0.0666 e. The molecule has 1 unspecified atom stereocenters. The Morgan fingerprint density at radius 1 is 1.64 bits per heavy atom. The van der Waals surface area contributed by atoms with Crippen molar-refractivity contribution < 1.29 is 0 Å². The number of hydrogen-bond donors (Lipinski definition) is 0. The summed E-state index contributed by atoms with van der Waals surface area (Å²) in [6.07, 6.45) is 3.72. The van der Waals surface area contributed by atoms with Gasteiger partial charge in [0.25, 0.3) is 0 Å². The molecule has 1 heterocycles. The van der Waals surface area contributed by atoms with Gasteiger partial charge in [-0.2, -0.15) is 10.4 Å². The second kappa shape index (κ2) is 5.40. The van der Waals surface area contributed by atoms with Gasteiger partial charge in [0.15, 0.2) is 0 Å². The zero-order valence-corrected chi connectivity index (χ0v) is 8.72. The van der Waals surface area contributed by atoms with Crippen molar-refractivity contribution in [3.05, 3.63) is 18.5 Å². The standard InChI is InChI=1S/C10H16N4/c1-10(8-11)9-13(2)6-7-14-5-3-4-12-14/h3-5,10H,6-7,9H2,1-2H3. The van der Waals surface area contributed by atoms with Gasteiger partial charge in [-0.3, -0.25) is 4.68 Å². The summed E-state index contributed by atoms with van der Waals surface area (Å²) in [6.45, 7) is 4.55. The van der Waals surface area contributed by atoms with Crippen molar-refractivity contribution >= 4 is 0 Å². The average Bonchev–Trinajstić information content (AvgIpc) is 2.67. The van der Waals surface area contributed by atoms with Gasteiger partial charge in [0.05, 0.1) is 18.5 Å². The Morgan fingerprint density at radius 3 is 3.00 bits per heavy atom. The van der Waals surface area contributed by atoms with Gasteiger partial charge in [0, 0.05) is 25.5 Å². The molecule has 0 aromatic carbocycles. The lowest BCUT2D eigenvalue weighted by Crippen LogP contribution is -2.27. The molecule has 4 nitrogen and oxygen atoms in total. The fraction of sp³-hybridized carbons (Fsp3) is 0.600. The van der Waals surface area contributed by atoms with Crippen LogP contribution in [0.25, 0.3) is 0 Å². The third kappa shape index (κ3) is 3.58. The first-order valence-corrected chi connectivity index (χ1v) is 4.78. The van der Waals surface area contributed by atoms with Crippen LogP contribution < -0.4 is 0 Å². The lowest BCUT2D eigenvalue weighted by Gasteiger charge is -2.17. The molecule has 0 fully saturated rings. The predicted octanol–water partition coefficient (Wildman–Crippen LogP) is 0.975. The molecule has 0 N–H and O–H groups in total. The molecular weight excluding hydrogens is 176 g/mol. The van der Waals surface area contributed by atoms with E-state index in [9.17, 15) is 0 Å². The molecule has 0 saturated carbocycles. The lowest BCUT2D eigenvalue weighted by molar-refractivity contribution is 0.292. The Morgan fingerprint density at radius 2 is 2.43 bits per heavy atom. The van der Waals surface area contributed by atoms with Crippen LogP contribution in [0.15, 0.2) is 18.5 Å². The topological polar surface area (TPSA) is 44.9 Å². The monoisotopic (exact) mass is 192 g/mol. The van der Waals surface area contributed by atoms with E-state index in [-0.39, 0.29) is 5.92 Å². The van der Waals surface area contributed by atoms with Crippen molar-refractivity contribution in [2.75, 3.05) is 20.1 Å². The van der Waals surface area contributed by atoms with E-state index in [0.29, 0.717) is 0 Å². The molecule has 0 bridgehead atoms. The summed E-state index contributed by atoms with van der Waals surface area (Å²) < 4.78 is 1.90. The number of nitrogens with zero attached hydrogens (tertiary/aromatic N) is 4. The summed E-state index contributed by atoms with van der Waals surface area (Å²) >= 11 is 0. The summed E-state index contributed by atoms with van der Waals surface area (Å²) in [4.78, 5) is 2.15. The molecule has 0 amide bonds. The normalized spacial score (nSPS) is 12.7. The minimum absolute atomic E-state index is 0.0950. The fourth-order valence-corrected chi connectivity index (χ4v) is 1.31. The van der Waals surface area contributed by atoms with E-state index >= 15 is 0 Å². The molecule has 1 aromatic heterocycles. The van der Waals surface area contributed by atoms with Crippen molar-refractivity contribution in [2.24, 2.45) is 5.92 Å². The largest absolute Gasteiger partial charge is 0.303 e. The molecule has 76 valence electrons. The summed E-state index contributed by atoms with van der Waals surface area (Å²) in [6, 6.07) is 4.14. The minimum atomic E-state index is 0.0950. The van der Waals surface area contributed by atoms with Gasteiger partial charge in [-0.1, -0.05) is 0 Å². The van der Waals surface area contributed by atoms with Crippen LogP contribution >= 0.6 is 0 Å². The molecule has 4 heteroatoms. The Balaban J connectivity index is 2.22. The summed E-state index contributed by atoms with van der Waals surface area (Å²) in [5, 5.41) is 12.8. The van der Waals surface area contributed by atoms with Gasteiger partial charge >= 0.3 is 0 Å². The molecule has 0 spiro atoms. The number of likely N-dealkylation sites (N-methyl/N-ethyl adjacent to an activating group) is 1. The quantitative estimate of drug-likeness (QED) is 0.698. The van der Waals surface area contributed by atoms with Crippen LogP contribution in [0.5, 0.6) is 0 Å². The molecule has 0 aliphatic heterocycles. The molecule has 0 aliphatic carbocycles. The maximum atomic E-state index is 8.64. The van der Waals surface area contributed by atoms with E-state index in [2.05, 4.69) is 16.1 Å². The van der Waals surface area contributed by atoms with Crippen LogP contribution in [-0.4, -0.2) is 34.8 Å². The summed E-state index contributed by atoms with van der Waals surface area (Å²) in [5.41, 5.74) is 0. The van der Waals surface area contributed by atoms with Crippen LogP contribution in [0.2, 0.25) is 0 Å². The van der Waals surface area contributed by atoms with E-state index < -0.39 is 0 Å². The van der Waals surface area contributed by atoms with Crippen LogP contribution in [0.4, 0.5) is 0 Å². The highest BCUT2D eigenvalue weighted by Crippen LogP contribution is 1.96. The average molecular weight is 192 g/mol. The van der Waals surface area contributed by atoms with Crippen molar-refractivity contribution in [2.45, 2.75) is 13.5 Å². The highest BCUT2D eigenvalue weighted by atomic mass is 15.3. The molecule has 0 aliphatic rings. The maximum absolute atomic E-state index is 8.64. The first kappa shape index (κ1) is 10.7. The Kier molecular flexibility index (Phi) is 4.14. The Bertz CT molecular complexity index is 286. The third-order valence-electron chi connectivity index (χ3n) is 2.08. The van der Waals surface area contributed by atoms with Crippen LogP contribution in [0.3, 0.4) is 0 Å². The zero-order chi connectivity index (χ0) is 10.4. The van der Waals surface area contributed by atoms with Gasteiger partial charge in [0.1, 0.15) is 0 Å². The van der Waals surface area contributed by atoms with E-state index in [1.807, 2.05) is 30.9 Å². The van der Waals surface area contributed by atoms with Crippen molar-refractivity contribution in [1.29, 1.82) is 5.26 Å². The SMILES string of the molecule is CC(C#N)CN(C)CCn1cccn1. The molecule has 1 aromatic rings. The number of aromatic nitrogens is 2. The lowest BCUT2D eigenvalue weighted by atomic mass is 10.2. The second-order valence-electron chi connectivity index (χ2n) is 3.56. The van der Waals surface area contributed by atoms with Crippen LogP contribution in [0, 0.1) is 17.2 Å². The molecular formula is C10H16N4. The zero-order valence-electron chi connectivity index (χ0n) is 8.72. The van der Waals surface area contributed by atoms with E-state index in [0.717, 1.165) is 19.6 Å². The van der Waals surface area contributed by atoms with E-state index in [1.54, 1.807) is 6.20 Å². The predicted molar refractivity (Wildman–Crippen MR) is 54.5 cm³/mol. The van der Waals surface area contributed by atoms with Crippen molar-refractivity contribution in [1.82, 2.24) is 14.7 Å². The molecule has 0 radical (unpaired) electrons. The summed E-state index contributed by atoms with van der Waals surface area (Å²) in [5.74, 6) is 0.0950. The van der Waals surface area contributed by atoms with Crippen LogP contribution in [-0.2, 0) is 6.54 Å². The molecule has 0 saturated heterocycles. The highest BCUT2D eigenvalue weighted by Gasteiger charge is 2.04. The van der Waals surface area contributed by atoms with Gasteiger partial charge in [-0.25, -0.2) is 0 Å². The number of nitriles is 1. The second-order valence-corrected chi connectivity index (χ2v) is 3.56. The van der Waals surface area contributed by atoms with Crippen molar-refractivity contribution in [3.8, 4) is 6.07 Å². The molecule has 1 atom stereocenters. The van der Waals surface area contributed by atoms with Gasteiger partial charge in [-0.05, 0) is 20.0 Å². The smallest absolute Gasteiger partial charge is 0.0666 e. The Labute approximate surface area is 84.7 Å². The fourth-order valence-electron chi connectivity index (χ4n) is 1.31. The van der Waals surface area contributed by atoms with Crippen LogP contribution in [0.1, 0.15) is 6.92 Å². The minimum Gasteiger partial charge on any atom is -0.303 e. The van der Waals surface area contributed by atoms with Gasteiger partial charge in [-0.15, -0.1) is 0 Å². The summed E-state index contributed by atoms with van der Waals surface area (Å²) in [7, 11) is 2.03. The third-order valence-corrected chi connectivity index (χ3v) is 2.08. The highest BCUT2D eigenvalue weighted by molar-refractivity contribution is 4.81. The first-order valence-electron chi connectivity index (χ1n) is 4.78. The number of rotatable bonds is 5. The van der Waals surface area contributed by atoms with E-state index in [4.69, 9.17) is 5.26 Å². The van der Waals surface area contributed by atoms with Gasteiger partial charge in [0.2, 0.25) is 0 Å². The van der Waals surface area contributed by atoms with Crippen molar-refractivity contribution in [3.63, 3.8) is 0 Å². The number of hydrogen-bond acceptors (Lipinski definition) is 3. The molecule has 1 rings (SSSR count). The molecule has 14 heavy (non-hydrogen) atoms. The Hall–Kier alpha value is -1.34. The first-order chi connectivity index (χ1) is 6.72.